The quantitative estimate of drug-likeness (QED) is 0.468. The molecule has 1 aromatic carbocycles. The summed E-state index contributed by atoms with van der Waals surface area (Å²) in [5.41, 5.74) is 8.99. The van der Waals surface area contributed by atoms with Crippen molar-refractivity contribution < 1.29 is 27.5 Å². The van der Waals surface area contributed by atoms with Gasteiger partial charge in [0.1, 0.15) is 17.2 Å². The van der Waals surface area contributed by atoms with Gasteiger partial charge in [-0.3, -0.25) is 4.98 Å². The number of anilines is 1. The highest BCUT2D eigenvalue weighted by atomic mass is 19.4. The van der Waals surface area contributed by atoms with Crippen molar-refractivity contribution in [2.24, 2.45) is 5.73 Å². The smallest absolute Gasteiger partial charge is 0.475 e. The standard InChI is InChI=1S/C22H20FN5.C2HF3O2/c23-18-4-1-16(2-5-18)3-6-19-13-17(9-11-26-19)20-7-8-21(27-20)28-12-10-22(25,14-24)15-28;3-2(4,5)1(6)7/h1-9,11,13,27H,10,12,15,25H2;(H,6,7)/t22-;/m1./s1. The summed E-state index contributed by atoms with van der Waals surface area (Å²) in [4.78, 5) is 18.8. The molecule has 7 nitrogen and oxygen atoms in total. The summed E-state index contributed by atoms with van der Waals surface area (Å²) in [7, 11) is 0. The minimum absolute atomic E-state index is 0.250. The van der Waals surface area contributed by atoms with Gasteiger partial charge in [0.05, 0.1) is 18.3 Å². The van der Waals surface area contributed by atoms with Crippen LogP contribution in [0.3, 0.4) is 0 Å². The van der Waals surface area contributed by atoms with Gasteiger partial charge in [-0.05, 0) is 54.5 Å². The molecule has 1 saturated heterocycles. The van der Waals surface area contributed by atoms with Crippen molar-refractivity contribution in [1.82, 2.24) is 9.97 Å². The Morgan fingerprint density at radius 1 is 1.20 bits per heavy atom. The number of carboxylic acid groups (broad SMARTS) is 1. The van der Waals surface area contributed by atoms with E-state index in [1.807, 2.05) is 36.4 Å². The minimum Gasteiger partial charge on any atom is -0.475 e. The number of hydrogen-bond acceptors (Lipinski definition) is 5. The number of nitrogens with zero attached hydrogens (tertiary/aromatic N) is 3. The van der Waals surface area contributed by atoms with Gasteiger partial charge in [0, 0.05) is 24.0 Å². The summed E-state index contributed by atoms with van der Waals surface area (Å²) in [6, 6.07) is 16.5. The number of aromatic nitrogens is 2. The van der Waals surface area contributed by atoms with Crippen LogP contribution in [0.2, 0.25) is 0 Å². The second-order valence-electron chi connectivity index (χ2n) is 7.85. The zero-order valence-corrected chi connectivity index (χ0v) is 18.3. The van der Waals surface area contributed by atoms with Crippen LogP contribution in [0.5, 0.6) is 0 Å². The average molecular weight is 487 g/mol. The normalized spacial score (nSPS) is 17.7. The van der Waals surface area contributed by atoms with E-state index in [1.54, 1.807) is 18.3 Å². The molecule has 3 heterocycles. The molecule has 1 aliphatic rings. The first-order valence-electron chi connectivity index (χ1n) is 10.3. The van der Waals surface area contributed by atoms with Crippen LogP contribution >= 0.6 is 0 Å². The number of carboxylic acids is 1. The van der Waals surface area contributed by atoms with Crippen LogP contribution in [0.1, 0.15) is 17.7 Å². The molecule has 1 atom stereocenters. The number of aromatic amines is 1. The van der Waals surface area contributed by atoms with Gasteiger partial charge in [-0.2, -0.15) is 18.4 Å². The van der Waals surface area contributed by atoms with Crippen molar-refractivity contribution in [3.8, 4) is 17.3 Å². The number of halogens is 4. The number of H-pyrrole nitrogens is 1. The van der Waals surface area contributed by atoms with Crippen LogP contribution in [0.25, 0.3) is 23.4 Å². The van der Waals surface area contributed by atoms with Gasteiger partial charge in [0.25, 0.3) is 0 Å². The predicted octanol–water partition coefficient (Wildman–Crippen LogP) is 4.45. The van der Waals surface area contributed by atoms with Gasteiger partial charge in [0.2, 0.25) is 0 Å². The second-order valence-corrected chi connectivity index (χ2v) is 7.85. The van der Waals surface area contributed by atoms with Crippen LogP contribution < -0.4 is 10.6 Å². The van der Waals surface area contributed by atoms with E-state index in [-0.39, 0.29) is 5.82 Å². The maximum atomic E-state index is 13.0. The lowest BCUT2D eigenvalue weighted by atomic mass is 10.0. The van der Waals surface area contributed by atoms with Crippen LogP contribution in [0, 0.1) is 17.1 Å². The third kappa shape index (κ3) is 6.91. The van der Waals surface area contributed by atoms with E-state index in [0.717, 1.165) is 34.9 Å². The van der Waals surface area contributed by atoms with E-state index >= 15 is 0 Å². The van der Waals surface area contributed by atoms with E-state index in [2.05, 4.69) is 20.9 Å². The van der Waals surface area contributed by atoms with Crippen LogP contribution in [-0.2, 0) is 4.79 Å². The average Bonchev–Trinajstić information content (AvgIpc) is 3.46. The summed E-state index contributed by atoms with van der Waals surface area (Å²) in [6.07, 6.45) is 1.14. The number of nitrogens with one attached hydrogen (secondary N) is 1. The summed E-state index contributed by atoms with van der Waals surface area (Å²) >= 11 is 0. The molecule has 4 N–H and O–H groups in total. The maximum absolute atomic E-state index is 13.0. The SMILES string of the molecule is N#C[C@]1(N)CCN(c2ccc(-c3ccnc(C=Cc4ccc(F)cc4)c3)[nH]2)C1.O=C(O)C(F)(F)F. The molecular formula is C24H21F4N5O2. The van der Waals surface area contributed by atoms with Gasteiger partial charge < -0.3 is 20.7 Å². The van der Waals surface area contributed by atoms with E-state index in [4.69, 9.17) is 15.6 Å². The first-order valence-corrected chi connectivity index (χ1v) is 10.3. The molecule has 0 spiro atoms. The van der Waals surface area contributed by atoms with Gasteiger partial charge in [-0.25, -0.2) is 9.18 Å². The van der Waals surface area contributed by atoms with Gasteiger partial charge >= 0.3 is 12.1 Å². The summed E-state index contributed by atoms with van der Waals surface area (Å²) < 4.78 is 44.7. The van der Waals surface area contributed by atoms with Gasteiger partial charge in [-0.15, -0.1) is 0 Å². The Morgan fingerprint density at radius 3 is 2.49 bits per heavy atom. The van der Waals surface area contributed by atoms with Crippen molar-refractivity contribution in [1.29, 1.82) is 5.26 Å². The highest BCUT2D eigenvalue weighted by Crippen LogP contribution is 2.28. The van der Waals surface area contributed by atoms with Gasteiger partial charge in [-0.1, -0.05) is 18.2 Å². The van der Waals surface area contributed by atoms with E-state index in [9.17, 15) is 22.8 Å². The molecule has 3 aromatic rings. The number of rotatable bonds is 4. The van der Waals surface area contributed by atoms with E-state index in [0.29, 0.717) is 13.0 Å². The predicted molar refractivity (Wildman–Crippen MR) is 122 cm³/mol. The first-order chi connectivity index (χ1) is 16.5. The number of hydrogen-bond donors (Lipinski definition) is 3. The third-order valence-electron chi connectivity index (χ3n) is 5.19. The van der Waals surface area contributed by atoms with Crippen molar-refractivity contribution in [3.63, 3.8) is 0 Å². The Morgan fingerprint density at radius 2 is 1.89 bits per heavy atom. The molecule has 2 aromatic heterocycles. The van der Waals surface area contributed by atoms with Crippen LogP contribution in [0.15, 0.2) is 54.7 Å². The zero-order valence-electron chi connectivity index (χ0n) is 18.3. The molecule has 35 heavy (non-hydrogen) atoms. The topological polar surface area (TPSA) is 119 Å². The number of carbonyl (C=O) groups is 1. The molecule has 4 rings (SSSR count). The summed E-state index contributed by atoms with van der Waals surface area (Å²) in [6.45, 7) is 1.28. The molecule has 0 unspecified atom stereocenters. The number of benzene rings is 1. The molecule has 0 radical (unpaired) electrons. The Balaban J connectivity index is 0.000000429. The number of nitrogens with two attached hydrogens (primary N) is 1. The number of nitriles is 1. The molecule has 1 aliphatic heterocycles. The molecular weight excluding hydrogens is 466 g/mol. The largest absolute Gasteiger partial charge is 0.490 e. The lowest BCUT2D eigenvalue weighted by Crippen LogP contribution is -2.41. The fraction of sp³-hybridized carbons (Fsp3) is 0.208. The molecule has 182 valence electrons. The highest BCUT2D eigenvalue weighted by molar-refractivity contribution is 5.73. The Bertz CT molecular complexity index is 1250. The minimum atomic E-state index is -5.08. The summed E-state index contributed by atoms with van der Waals surface area (Å²) in [5, 5.41) is 16.3. The van der Waals surface area contributed by atoms with Crippen LogP contribution in [-0.4, -0.2) is 45.8 Å². The van der Waals surface area contributed by atoms with Crippen molar-refractivity contribution in [2.45, 2.75) is 18.1 Å². The first kappa shape index (κ1) is 25.5. The lowest BCUT2D eigenvalue weighted by molar-refractivity contribution is -0.192. The number of aliphatic carboxylic acids is 1. The van der Waals surface area contributed by atoms with Crippen molar-refractivity contribution in [3.05, 3.63) is 71.8 Å². The fourth-order valence-electron chi connectivity index (χ4n) is 3.33. The summed E-state index contributed by atoms with van der Waals surface area (Å²) in [5.74, 6) is -2.05. The van der Waals surface area contributed by atoms with Gasteiger partial charge in [0.15, 0.2) is 0 Å². The van der Waals surface area contributed by atoms with Crippen LogP contribution in [0.4, 0.5) is 23.4 Å². The molecule has 0 amide bonds. The monoisotopic (exact) mass is 487 g/mol. The molecule has 0 saturated carbocycles. The number of alkyl halides is 3. The number of pyridine rings is 1. The molecule has 1 fully saturated rings. The Kier molecular flexibility index (Phi) is 7.56. The second kappa shape index (κ2) is 10.4. The Hall–Kier alpha value is -4.17. The Labute approximate surface area is 198 Å². The third-order valence-corrected chi connectivity index (χ3v) is 5.19. The fourth-order valence-corrected chi connectivity index (χ4v) is 3.33. The highest BCUT2D eigenvalue weighted by Gasteiger charge is 2.38. The van der Waals surface area contributed by atoms with Crippen molar-refractivity contribution in [2.75, 3.05) is 18.0 Å². The van der Waals surface area contributed by atoms with E-state index in [1.165, 1.54) is 12.1 Å². The molecule has 0 aliphatic carbocycles. The molecule has 11 heteroatoms. The molecule has 0 bridgehead atoms. The van der Waals surface area contributed by atoms with Crippen molar-refractivity contribution >= 4 is 23.9 Å². The lowest BCUT2D eigenvalue weighted by Gasteiger charge is -2.18. The maximum Gasteiger partial charge on any atom is 0.490 e. The zero-order chi connectivity index (χ0) is 25.6. The van der Waals surface area contributed by atoms with E-state index < -0.39 is 17.7 Å².